The number of carbonyl (C=O) groups is 2. The van der Waals surface area contributed by atoms with E-state index in [1.807, 2.05) is 23.1 Å². The van der Waals surface area contributed by atoms with Crippen molar-refractivity contribution in [2.75, 3.05) is 18.0 Å². The lowest BCUT2D eigenvalue weighted by molar-refractivity contribution is -0.116. The Morgan fingerprint density at radius 3 is 2.52 bits per heavy atom. The fourth-order valence-electron chi connectivity index (χ4n) is 4.98. The smallest absolute Gasteiger partial charge is 0.276 e. The van der Waals surface area contributed by atoms with E-state index in [1.165, 1.54) is 0 Å². The molecule has 0 unspecified atom stereocenters. The number of rotatable bonds is 2. The van der Waals surface area contributed by atoms with Crippen LogP contribution in [0.25, 0.3) is 0 Å². The summed E-state index contributed by atoms with van der Waals surface area (Å²) in [5.74, 6) is 0.745. The maximum atomic E-state index is 13.7. The van der Waals surface area contributed by atoms with E-state index in [2.05, 4.69) is 5.16 Å². The molecule has 0 saturated heterocycles. The van der Waals surface area contributed by atoms with Crippen molar-refractivity contribution in [3.8, 4) is 0 Å². The monoisotopic (exact) mass is 453 g/mol. The number of aryl methyl sites for hydroxylation is 1. The number of aromatic nitrogens is 1. The van der Waals surface area contributed by atoms with E-state index in [0.717, 1.165) is 92.3 Å². The number of hydrogen-bond acceptors (Lipinski definition) is 5. The zero-order valence-corrected chi connectivity index (χ0v) is 19.6. The number of nitrogens with zero attached hydrogens (tertiary/aromatic N) is 3. The molecule has 2 aromatic rings. The van der Waals surface area contributed by atoms with Crippen molar-refractivity contribution in [1.82, 2.24) is 10.1 Å². The number of anilines is 1. The van der Waals surface area contributed by atoms with Crippen molar-refractivity contribution >= 4 is 17.5 Å². The van der Waals surface area contributed by atoms with Gasteiger partial charge in [-0.1, -0.05) is 43.0 Å². The molecule has 7 nitrogen and oxygen atoms in total. The van der Waals surface area contributed by atoms with Crippen molar-refractivity contribution in [1.29, 1.82) is 0 Å². The molecule has 0 spiro atoms. The minimum Gasteiger partial charge on any atom is -0.392 e. The maximum absolute atomic E-state index is 13.7. The topological polar surface area (TPSA) is 86.9 Å². The molecule has 0 radical (unpaired) electrons. The normalized spacial score (nSPS) is 17.9. The molecular formula is C26H35N3O4. The second kappa shape index (κ2) is 11.0. The maximum Gasteiger partial charge on any atom is 0.276 e. The quantitative estimate of drug-likeness (QED) is 0.681. The highest BCUT2D eigenvalue weighted by molar-refractivity contribution is 5.95. The first kappa shape index (κ1) is 23.5. The SMILES string of the molecule is CC(=O)N1CCCCCCCN(C(=O)c2noc3c2CCCCC3)Cc2ccc(CO)cc21. The number of amides is 2. The lowest BCUT2D eigenvalue weighted by Gasteiger charge is -2.29. The summed E-state index contributed by atoms with van der Waals surface area (Å²) in [6.07, 6.45) is 10.00. The van der Waals surface area contributed by atoms with Gasteiger partial charge in [0.15, 0.2) is 5.69 Å². The number of aliphatic hydroxyl groups excluding tert-OH is 1. The van der Waals surface area contributed by atoms with Gasteiger partial charge in [0.25, 0.3) is 5.91 Å². The molecule has 2 amide bonds. The largest absolute Gasteiger partial charge is 0.392 e. The van der Waals surface area contributed by atoms with Gasteiger partial charge in [-0.25, -0.2) is 0 Å². The van der Waals surface area contributed by atoms with Crippen LogP contribution in [-0.2, 0) is 30.8 Å². The van der Waals surface area contributed by atoms with Crippen LogP contribution in [0.2, 0.25) is 0 Å². The van der Waals surface area contributed by atoms with Crippen LogP contribution in [0.15, 0.2) is 22.7 Å². The van der Waals surface area contributed by atoms with Crippen molar-refractivity contribution in [2.45, 2.75) is 84.3 Å². The Hall–Kier alpha value is -2.67. The van der Waals surface area contributed by atoms with Crippen LogP contribution >= 0.6 is 0 Å². The first-order valence-electron chi connectivity index (χ1n) is 12.4. The Balaban J connectivity index is 1.69. The molecular weight excluding hydrogens is 418 g/mol. The first-order chi connectivity index (χ1) is 16.1. The summed E-state index contributed by atoms with van der Waals surface area (Å²) in [7, 11) is 0. The van der Waals surface area contributed by atoms with Crippen LogP contribution in [0, 0.1) is 0 Å². The molecule has 4 rings (SSSR count). The van der Waals surface area contributed by atoms with E-state index in [9.17, 15) is 14.7 Å². The lowest BCUT2D eigenvalue weighted by Crippen LogP contribution is -2.35. The van der Waals surface area contributed by atoms with Crippen molar-refractivity contribution in [3.05, 3.63) is 46.3 Å². The number of hydrogen-bond donors (Lipinski definition) is 1. The van der Waals surface area contributed by atoms with E-state index in [1.54, 1.807) is 11.8 Å². The van der Waals surface area contributed by atoms with Crippen LogP contribution in [0.3, 0.4) is 0 Å². The van der Waals surface area contributed by atoms with Gasteiger partial charge >= 0.3 is 0 Å². The molecule has 1 aromatic carbocycles. The predicted octanol–water partition coefficient (Wildman–Crippen LogP) is 4.40. The summed E-state index contributed by atoms with van der Waals surface area (Å²) in [6.45, 7) is 3.16. The van der Waals surface area contributed by atoms with Gasteiger partial charge in [0.05, 0.1) is 6.61 Å². The zero-order valence-electron chi connectivity index (χ0n) is 19.6. The highest BCUT2D eigenvalue weighted by Gasteiger charge is 2.28. The Kier molecular flexibility index (Phi) is 7.81. The molecule has 0 saturated carbocycles. The van der Waals surface area contributed by atoms with Crippen LogP contribution in [-0.4, -0.2) is 40.1 Å². The number of benzene rings is 1. The average molecular weight is 454 g/mol. The van der Waals surface area contributed by atoms with Crippen LogP contribution < -0.4 is 4.90 Å². The Morgan fingerprint density at radius 1 is 1.00 bits per heavy atom. The molecule has 0 atom stereocenters. The lowest BCUT2D eigenvalue weighted by atomic mass is 10.0. The minimum absolute atomic E-state index is 0.0249. The third kappa shape index (κ3) is 5.46. The van der Waals surface area contributed by atoms with Crippen molar-refractivity contribution in [2.24, 2.45) is 0 Å². The van der Waals surface area contributed by atoms with Gasteiger partial charge in [0.1, 0.15) is 5.76 Å². The standard InChI is InChI=1S/C26H35N3O4/c1-19(31)29-15-9-4-2-3-8-14-28(17-21-13-12-20(18-30)16-23(21)29)26(32)25-22-10-6-5-7-11-24(22)33-27-25/h12-13,16,30H,2-11,14-15,17-18H2,1H3. The number of carbonyl (C=O) groups excluding carboxylic acids is 2. The molecule has 2 aliphatic rings. The molecule has 7 heteroatoms. The summed E-state index contributed by atoms with van der Waals surface area (Å²) in [4.78, 5) is 29.9. The summed E-state index contributed by atoms with van der Waals surface area (Å²) in [5.41, 5.74) is 3.88. The van der Waals surface area contributed by atoms with Gasteiger partial charge < -0.3 is 19.4 Å². The van der Waals surface area contributed by atoms with Gasteiger partial charge in [-0.15, -0.1) is 0 Å². The van der Waals surface area contributed by atoms with E-state index < -0.39 is 0 Å². The van der Waals surface area contributed by atoms with Gasteiger partial charge in [-0.3, -0.25) is 9.59 Å². The van der Waals surface area contributed by atoms with Crippen LogP contribution in [0.4, 0.5) is 5.69 Å². The predicted molar refractivity (Wildman–Crippen MR) is 126 cm³/mol. The molecule has 1 N–H and O–H groups in total. The average Bonchev–Trinajstić information content (AvgIpc) is 3.06. The Morgan fingerprint density at radius 2 is 1.73 bits per heavy atom. The third-order valence-electron chi connectivity index (χ3n) is 6.86. The fourth-order valence-corrected chi connectivity index (χ4v) is 4.98. The number of aliphatic hydroxyl groups is 1. The van der Waals surface area contributed by atoms with E-state index >= 15 is 0 Å². The van der Waals surface area contributed by atoms with Gasteiger partial charge in [0.2, 0.25) is 5.91 Å². The third-order valence-corrected chi connectivity index (χ3v) is 6.86. The summed E-state index contributed by atoms with van der Waals surface area (Å²) >= 11 is 0. The Labute approximate surface area is 195 Å². The molecule has 178 valence electrons. The van der Waals surface area contributed by atoms with E-state index in [-0.39, 0.29) is 18.4 Å². The Bertz CT molecular complexity index is 984. The highest BCUT2D eigenvalue weighted by Crippen LogP contribution is 2.29. The molecule has 0 bridgehead atoms. The molecule has 1 aliphatic heterocycles. The van der Waals surface area contributed by atoms with Gasteiger partial charge in [0, 0.05) is 44.2 Å². The molecule has 1 aliphatic carbocycles. The summed E-state index contributed by atoms with van der Waals surface area (Å²) in [6, 6.07) is 5.69. The van der Waals surface area contributed by atoms with Crippen molar-refractivity contribution < 1.29 is 19.2 Å². The fraction of sp³-hybridized carbons (Fsp3) is 0.577. The zero-order chi connectivity index (χ0) is 23.2. The van der Waals surface area contributed by atoms with Gasteiger partial charge in [-0.05, 0) is 49.3 Å². The molecule has 1 aromatic heterocycles. The minimum atomic E-state index is -0.0921. The van der Waals surface area contributed by atoms with Crippen molar-refractivity contribution in [3.63, 3.8) is 0 Å². The summed E-state index contributed by atoms with van der Waals surface area (Å²) in [5, 5.41) is 13.9. The van der Waals surface area contributed by atoms with E-state index in [4.69, 9.17) is 4.52 Å². The number of fused-ring (bicyclic) bond motifs is 2. The second-order valence-corrected chi connectivity index (χ2v) is 9.28. The van der Waals surface area contributed by atoms with Crippen LogP contribution in [0.1, 0.15) is 91.2 Å². The first-order valence-corrected chi connectivity index (χ1v) is 12.4. The highest BCUT2D eigenvalue weighted by atomic mass is 16.5. The van der Waals surface area contributed by atoms with Crippen LogP contribution in [0.5, 0.6) is 0 Å². The molecule has 33 heavy (non-hydrogen) atoms. The second-order valence-electron chi connectivity index (χ2n) is 9.28. The molecule has 0 fully saturated rings. The van der Waals surface area contributed by atoms with E-state index in [0.29, 0.717) is 25.3 Å². The molecule has 2 heterocycles. The van der Waals surface area contributed by atoms with Gasteiger partial charge in [-0.2, -0.15) is 0 Å². The summed E-state index contributed by atoms with van der Waals surface area (Å²) < 4.78 is 5.59.